The zero-order valence-electron chi connectivity index (χ0n) is 16.2. The number of aromatic nitrogens is 2. The van der Waals surface area contributed by atoms with Crippen molar-refractivity contribution in [2.45, 2.75) is 39.0 Å². The molecular weight excluding hydrogens is 350 g/mol. The first-order valence-corrected chi connectivity index (χ1v) is 10.0. The lowest BCUT2D eigenvalue weighted by Gasteiger charge is -2.20. The number of nitrogens with zero attached hydrogens (tertiary/aromatic N) is 4. The lowest BCUT2D eigenvalue weighted by atomic mass is 10.1. The smallest absolute Gasteiger partial charge is 0.222 e. The molecule has 1 fully saturated rings. The normalized spacial score (nSPS) is 15.0. The van der Waals surface area contributed by atoms with E-state index in [1.807, 2.05) is 46.6 Å². The van der Waals surface area contributed by atoms with E-state index < -0.39 is 0 Å². The molecular formula is C22H25N5O. The fourth-order valence-electron chi connectivity index (χ4n) is 3.99. The van der Waals surface area contributed by atoms with Crippen LogP contribution in [0.25, 0.3) is 16.7 Å². The number of anilines is 1. The molecule has 144 valence electrons. The lowest BCUT2D eigenvalue weighted by molar-refractivity contribution is -0.130. The molecule has 1 aromatic carbocycles. The summed E-state index contributed by atoms with van der Waals surface area (Å²) in [5, 5.41) is 13.1. The molecule has 4 rings (SSSR count). The Hall–Kier alpha value is -3.07. The maximum atomic E-state index is 12.1. The molecule has 0 saturated carbocycles. The summed E-state index contributed by atoms with van der Waals surface area (Å²) in [5.74, 6) is 1.22. The van der Waals surface area contributed by atoms with Gasteiger partial charge >= 0.3 is 0 Å². The third-order valence-corrected chi connectivity index (χ3v) is 5.47. The molecule has 0 unspecified atom stereocenters. The predicted octanol–water partition coefficient (Wildman–Crippen LogP) is 3.87. The van der Waals surface area contributed by atoms with Crippen molar-refractivity contribution in [1.82, 2.24) is 14.3 Å². The van der Waals surface area contributed by atoms with Crippen LogP contribution in [-0.4, -0.2) is 39.8 Å². The van der Waals surface area contributed by atoms with Crippen LogP contribution < -0.4 is 5.32 Å². The molecule has 1 amide bonds. The van der Waals surface area contributed by atoms with Crippen LogP contribution in [0.3, 0.4) is 0 Å². The maximum absolute atomic E-state index is 12.1. The van der Waals surface area contributed by atoms with Crippen molar-refractivity contribution in [3.05, 3.63) is 41.5 Å². The van der Waals surface area contributed by atoms with E-state index in [4.69, 9.17) is 0 Å². The Bertz CT molecular complexity index is 1060. The van der Waals surface area contributed by atoms with E-state index in [0.29, 0.717) is 17.6 Å². The highest BCUT2D eigenvalue weighted by atomic mass is 16.2. The van der Waals surface area contributed by atoms with Crippen molar-refractivity contribution in [1.29, 1.82) is 5.26 Å². The molecule has 0 spiro atoms. The topological polar surface area (TPSA) is 73.4 Å². The number of imidazole rings is 1. The van der Waals surface area contributed by atoms with Gasteiger partial charge in [-0.3, -0.25) is 9.20 Å². The van der Waals surface area contributed by atoms with E-state index >= 15 is 0 Å². The van der Waals surface area contributed by atoms with Crippen LogP contribution in [0.1, 0.15) is 43.2 Å². The quantitative estimate of drug-likeness (QED) is 0.687. The van der Waals surface area contributed by atoms with Gasteiger partial charge < -0.3 is 10.2 Å². The number of benzene rings is 1. The van der Waals surface area contributed by atoms with Gasteiger partial charge in [0.2, 0.25) is 5.91 Å². The number of hydrogen-bond acceptors (Lipinski definition) is 4. The monoisotopic (exact) mass is 375 g/mol. The van der Waals surface area contributed by atoms with E-state index in [1.54, 1.807) is 0 Å². The standard InChI is InChI=1S/C22H25N5O/c1-16-14-20(24-11-7-13-26-12-6-2-3-10-21(26)28)27-19-9-5-4-8-18(19)25-22(27)17(16)15-23/h4-5,8-9,14,24H,2-3,6-7,10-13H2,1H3. The van der Waals surface area contributed by atoms with Gasteiger partial charge in [-0.1, -0.05) is 18.6 Å². The zero-order valence-corrected chi connectivity index (χ0v) is 16.2. The molecule has 0 radical (unpaired) electrons. The number of nitrogens with one attached hydrogen (secondary N) is 1. The summed E-state index contributed by atoms with van der Waals surface area (Å²) < 4.78 is 2.03. The van der Waals surface area contributed by atoms with Gasteiger partial charge in [0.05, 0.1) is 16.6 Å². The molecule has 6 nitrogen and oxygen atoms in total. The average Bonchev–Trinajstić information content (AvgIpc) is 2.96. The first kappa shape index (κ1) is 18.3. The number of hydrogen-bond donors (Lipinski definition) is 1. The molecule has 0 aliphatic carbocycles. The summed E-state index contributed by atoms with van der Waals surface area (Å²) in [4.78, 5) is 18.8. The molecule has 2 aromatic heterocycles. The van der Waals surface area contributed by atoms with Gasteiger partial charge in [-0.05, 0) is 49.9 Å². The largest absolute Gasteiger partial charge is 0.371 e. The Balaban J connectivity index is 1.55. The Labute approximate surface area is 164 Å². The van der Waals surface area contributed by atoms with Crippen molar-refractivity contribution in [2.24, 2.45) is 0 Å². The Morgan fingerprint density at radius 3 is 2.96 bits per heavy atom. The molecule has 6 heteroatoms. The van der Waals surface area contributed by atoms with Crippen molar-refractivity contribution in [2.75, 3.05) is 25.0 Å². The summed E-state index contributed by atoms with van der Waals surface area (Å²) in [7, 11) is 0. The molecule has 3 heterocycles. The van der Waals surface area contributed by atoms with Crippen LogP contribution in [0.15, 0.2) is 30.3 Å². The van der Waals surface area contributed by atoms with Crippen molar-refractivity contribution < 1.29 is 4.79 Å². The number of aryl methyl sites for hydroxylation is 1. The fraction of sp³-hybridized carbons (Fsp3) is 0.409. The van der Waals surface area contributed by atoms with E-state index in [2.05, 4.69) is 16.4 Å². The third kappa shape index (κ3) is 3.40. The Morgan fingerprint density at radius 2 is 2.11 bits per heavy atom. The number of nitriles is 1. The minimum atomic E-state index is 0.287. The Morgan fingerprint density at radius 1 is 1.25 bits per heavy atom. The van der Waals surface area contributed by atoms with Gasteiger partial charge in [0.25, 0.3) is 0 Å². The Kier molecular flexibility index (Phi) is 5.16. The second-order valence-corrected chi connectivity index (χ2v) is 7.43. The van der Waals surface area contributed by atoms with Crippen LogP contribution in [0, 0.1) is 18.3 Å². The van der Waals surface area contributed by atoms with Gasteiger partial charge in [-0.15, -0.1) is 0 Å². The highest BCUT2D eigenvalue weighted by Gasteiger charge is 2.17. The van der Waals surface area contributed by atoms with E-state index in [-0.39, 0.29) is 5.91 Å². The molecule has 28 heavy (non-hydrogen) atoms. The predicted molar refractivity (Wildman–Crippen MR) is 110 cm³/mol. The minimum Gasteiger partial charge on any atom is -0.371 e. The molecule has 1 aliphatic rings. The summed E-state index contributed by atoms with van der Waals surface area (Å²) in [6.45, 7) is 4.37. The third-order valence-electron chi connectivity index (χ3n) is 5.47. The molecule has 0 atom stereocenters. The maximum Gasteiger partial charge on any atom is 0.222 e. The van der Waals surface area contributed by atoms with Crippen LogP contribution in [0.2, 0.25) is 0 Å². The summed E-state index contributed by atoms with van der Waals surface area (Å²) in [6.07, 6.45) is 4.85. The number of pyridine rings is 1. The number of rotatable bonds is 5. The fourth-order valence-corrected chi connectivity index (χ4v) is 3.99. The number of likely N-dealkylation sites (tertiary alicyclic amines) is 1. The average molecular weight is 375 g/mol. The van der Waals surface area contributed by atoms with Gasteiger partial charge in [0, 0.05) is 26.1 Å². The van der Waals surface area contributed by atoms with Crippen LogP contribution in [-0.2, 0) is 4.79 Å². The van der Waals surface area contributed by atoms with E-state index in [0.717, 1.165) is 67.7 Å². The van der Waals surface area contributed by atoms with Crippen molar-refractivity contribution in [3.8, 4) is 6.07 Å². The summed E-state index contributed by atoms with van der Waals surface area (Å²) in [6, 6.07) is 12.2. The number of para-hydroxylation sites is 2. The number of amides is 1. The zero-order chi connectivity index (χ0) is 19.5. The van der Waals surface area contributed by atoms with Crippen molar-refractivity contribution >= 4 is 28.4 Å². The number of fused-ring (bicyclic) bond motifs is 3. The van der Waals surface area contributed by atoms with Gasteiger partial charge in [-0.25, -0.2) is 4.98 Å². The van der Waals surface area contributed by atoms with Crippen molar-refractivity contribution in [3.63, 3.8) is 0 Å². The number of carbonyl (C=O) groups excluding carboxylic acids is 1. The highest BCUT2D eigenvalue weighted by Crippen LogP contribution is 2.26. The molecule has 1 N–H and O–H groups in total. The highest BCUT2D eigenvalue weighted by molar-refractivity contribution is 5.85. The SMILES string of the molecule is Cc1cc(NCCCN2CCCCCC2=O)n2c(nc3ccccc32)c1C#N. The first-order valence-electron chi connectivity index (χ1n) is 10.0. The molecule has 1 aliphatic heterocycles. The van der Waals surface area contributed by atoms with Gasteiger partial charge in [-0.2, -0.15) is 5.26 Å². The molecule has 0 bridgehead atoms. The minimum absolute atomic E-state index is 0.287. The lowest BCUT2D eigenvalue weighted by Crippen LogP contribution is -2.32. The van der Waals surface area contributed by atoms with E-state index in [1.165, 1.54) is 0 Å². The summed E-state index contributed by atoms with van der Waals surface area (Å²) >= 11 is 0. The first-order chi connectivity index (χ1) is 13.7. The molecule has 1 saturated heterocycles. The van der Waals surface area contributed by atoms with Gasteiger partial charge in [0.15, 0.2) is 5.65 Å². The van der Waals surface area contributed by atoms with Crippen LogP contribution >= 0.6 is 0 Å². The molecule has 3 aromatic rings. The summed E-state index contributed by atoms with van der Waals surface area (Å²) in [5.41, 5.74) is 4.07. The van der Waals surface area contributed by atoms with Gasteiger partial charge in [0.1, 0.15) is 11.9 Å². The van der Waals surface area contributed by atoms with Crippen LogP contribution in [0.5, 0.6) is 0 Å². The second-order valence-electron chi connectivity index (χ2n) is 7.43. The van der Waals surface area contributed by atoms with E-state index in [9.17, 15) is 10.1 Å². The number of carbonyl (C=O) groups is 1. The second kappa shape index (κ2) is 7.89. The van der Waals surface area contributed by atoms with Crippen LogP contribution in [0.4, 0.5) is 5.82 Å².